The molecule has 1 fully saturated rings. The average molecular weight is 290 g/mol. The summed E-state index contributed by atoms with van der Waals surface area (Å²) in [7, 11) is 0. The van der Waals surface area contributed by atoms with E-state index >= 15 is 0 Å². The van der Waals surface area contributed by atoms with Gasteiger partial charge in [0.05, 0.1) is 10.9 Å². The van der Waals surface area contributed by atoms with Gasteiger partial charge in [-0.2, -0.15) is 5.10 Å². The van der Waals surface area contributed by atoms with E-state index in [-0.39, 0.29) is 6.04 Å². The average Bonchev–Trinajstić information content (AvgIpc) is 3.01. The number of carboxylic acid groups (broad SMARTS) is 1. The lowest BCUT2D eigenvalue weighted by Crippen LogP contribution is -2.07. The van der Waals surface area contributed by atoms with Gasteiger partial charge < -0.3 is 5.11 Å². The molecule has 1 atom stereocenters. The van der Waals surface area contributed by atoms with E-state index < -0.39 is 5.97 Å². The molecule has 1 saturated carbocycles. The fourth-order valence-electron chi connectivity index (χ4n) is 2.43. The van der Waals surface area contributed by atoms with Gasteiger partial charge in [0, 0.05) is 11.1 Å². The largest absolute Gasteiger partial charge is 0.478 e. The number of rotatable bonds is 5. The molecule has 2 aromatic heterocycles. The van der Waals surface area contributed by atoms with Crippen molar-refractivity contribution in [2.75, 3.05) is 0 Å². The molecule has 5 heteroatoms. The molecule has 0 radical (unpaired) electrons. The predicted molar refractivity (Wildman–Crippen MR) is 79.3 cm³/mol. The van der Waals surface area contributed by atoms with Crippen molar-refractivity contribution in [3.63, 3.8) is 0 Å². The van der Waals surface area contributed by atoms with Crippen LogP contribution in [0, 0.1) is 5.92 Å². The minimum Gasteiger partial charge on any atom is -0.478 e. The lowest BCUT2D eigenvalue weighted by molar-refractivity contribution is 0.0697. The van der Waals surface area contributed by atoms with E-state index in [9.17, 15) is 9.90 Å². The molecular weight excluding hydrogens is 272 g/mol. The minimum absolute atomic E-state index is 0.285. The van der Waals surface area contributed by atoms with E-state index in [0.717, 1.165) is 11.3 Å². The first-order valence-electron chi connectivity index (χ1n) is 7.01. The summed E-state index contributed by atoms with van der Waals surface area (Å²) in [4.78, 5) is 13.6. The Labute approximate surface area is 122 Å². The van der Waals surface area contributed by atoms with Crippen molar-refractivity contribution in [1.29, 1.82) is 0 Å². The molecule has 1 aliphatic rings. The SMILES string of the molecule is CCc1ccc(-c2nn(C(C)C3CC3)cc2C(=O)O)s1. The maximum absolute atomic E-state index is 11.4. The summed E-state index contributed by atoms with van der Waals surface area (Å²) in [6.45, 7) is 4.22. The molecule has 2 heterocycles. The van der Waals surface area contributed by atoms with Gasteiger partial charge in [-0.3, -0.25) is 4.68 Å². The Morgan fingerprint density at radius 3 is 2.85 bits per heavy atom. The Morgan fingerprint density at radius 1 is 1.55 bits per heavy atom. The molecule has 0 amide bonds. The van der Waals surface area contributed by atoms with Gasteiger partial charge in [0.25, 0.3) is 0 Å². The quantitative estimate of drug-likeness (QED) is 0.910. The van der Waals surface area contributed by atoms with E-state index in [1.54, 1.807) is 17.5 Å². The van der Waals surface area contributed by atoms with Crippen LogP contribution in [0.3, 0.4) is 0 Å². The molecule has 0 aromatic carbocycles. The second kappa shape index (κ2) is 5.05. The Balaban J connectivity index is 2.01. The van der Waals surface area contributed by atoms with E-state index in [1.807, 2.05) is 10.7 Å². The standard InChI is InChI=1S/C15H18N2O2S/c1-3-11-6-7-13(20-11)14-12(15(18)19)8-17(16-14)9(2)10-4-5-10/h6-10H,3-5H2,1-2H3,(H,18,19). The highest BCUT2D eigenvalue weighted by Gasteiger charge is 2.31. The molecule has 3 rings (SSSR count). The van der Waals surface area contributed by atoms with Crippen LogP contribution in [-0.2, 0) is 6.42 Å². The molecule has 106 valence electrons. The molecule has 0 spiro atoms. The molecule has 2 aromatic rings. The highest BCUT2D eigenvalue weighted by molar-refractivity contribution is 7.15. The Bertz CT molecular complexity index is 640. The molecule has 1 unspecified atom stereocenters. The first-order valence-corrected chi connectivity index (χ1v) is 7.83. The van der Waals surface area contributed by atoms with Gasteiger partial charge in [-0.05, 0) is 44.2 Å². The number of aryl methyl sites for hydroxylation is 1. The van der Waals surface area contributed by atoms with Crippen LogP contribution < -0.4 is 0 Å². The number of carbonyl (C=O) groups is 1. The monoisotopic (exact) mass is 290 g/mol. The number of aromatic carboxylic acids is 1. The Kier molecular flexibility index (Phi) is 3.38. The van der Waals surface area contributed by atoms with Gasteiger partial charge in [0.2, 0.25) is 0 Å². The van der Waals surface area contributed by atoms with Crippen molar-refractivity contribution in [3.05, 3.63) is 28.8 Å². The third kappa shape index (κ3) is 2.38. The van der Waals surface area contributed by atoms with Crippen LogP contribution in [0.1, 0.15) is 48.0 Å². The summed E-state index contributed by atoms with van der Waals surface area (Å²) < 4.78 is 1.84. The summed E-state index contributed by atoms with van der Waals surface area (Å²) in [5.41, 5.74) is 0.914. The van der Waals surface area contributed by atoms with Gasteiger partial charge in [0.1, 0.15) is 11.3 Å². The van der Waals surface area contributed by atoms with Crippen molar-refractivity contribution in [3.8, 4) is 10.6 Å². The van der Waals surface area contributed by atoms with E-state index in [2.05, 4.69) is 25.0 Å². The minimum atomic E-state index is -0.902. The second-order valence-electron chi connectivity index (χ2n) is 5.37. The van der Waals surface area contributed by atoms with Crippen molar-refractivity contribution >= 4 is 17.3 Å². The van der Waals surface area contributed by atoms with E-state index in [1.165, 1.54) is 17.7 Å². The fourth-order valence-corrected chi connectivity index (χ4v) is 3.38. The van der Waals surface area contributed by atoms with Gasteiger partial charge in [-0.15, -0.1) is 11.3 Å². The molecule has 0 aliphatic heterocycles. The Hall–Kier alpha value is -1.62. The molecule has 1 aliphatic carbocycles. The summed E-state index contributed by atoms with van der Waals surface area (Å²) in [5.74, 6) is -0.250. The number of hydrogen-bond donors (Lipinski definition) is 1. The van der Waals surface area contributed by atoms with Crippen LogP contribution in [0.2, 0.25) is 0 Å². The van der Waals surface area contributed by atoms with Gasteiger partial charge in [-0.25, -0.2) is 4.79 Å². The third-order valence-electron chi connectivity index (χ3n) is 3.93. The molecule has 4 nitrogen and oxygen atoms in total. The number of nitrogens with zero attached hydrogens (tertiary/aromatic N) is 2. The lowest BCUT2D eigenvalue weighted by Gasteiger charge is -2.09. The summed E-state index contributed by atoms with van der Waals surface area (Å²) in [6, 6.07) is 4.31. The van der Waals surface area contributed by atoms with Crippen LogP contribution in [0.4, 0.5) is 0 Å². The van der Waals surface area contributed by atoms with Crippen LogP contribution in [0.5, 0.6) is 0 Å². The number of carboxylic acids is 1. The van der Waals surface area contributed by atoms with Crippen LogP contribution in [0.25, 0.3) is 10.6 Å². The van der Waals surface area contributed by atoms with Crippen molar-refractivity contribution in [1.82, 2.24) is 9.78 Å². The molecule has 20 heavy (non-hydrogen) atoms. The van der Waals surface area contributed by atoms with Crippen LogP contribution in [0.15, 0.2) is 18.3 Å². The predicted octanol–water partition coefficient (Wildman–Crippen LogP) is 3.84. The fraction of sp³-hybridized carbons (Fsp3) is 0.467. The number of hydrogen-bond acceptors (Lipinski definition) is 3. The summed E-state index contributed by atoms with van der Waals surface area (Å²) in [5, 5.41) is 13.9. The first kappa shape index (κ1) is 13.4. The van der Waals surface area contributed by atoms with Crippen molar-refractivity contribution < 1.29 is 9.90 Å². The Morgan fingerprint density at radius 2 is 2.30 bits per heavy atom. The first-order chi connectivity index (χ1) is 9.60. The zero-order chi connectivity index (χ0) is 14.3. The van der Waals surface area contributed by atoms with Crippen molar-refractivity contribution in [2.24, 2.45) is 5.92 Å². The number of thiophene rings is 1. The van der Waals surface area contributed by atoms with E-state index in [0.29, 0.717) is 17.2 Å². The zero-order valence-corrected chi connectivity index (χ0v) is 12.5. The topological polar surface area (TPSA) is 55.1 Å². The summed E-state index contributed by atoms with van der Waals surface area (Å²) >= 11 is 1.63. The maximum atomic E-state index is 11.4. The highest BCUT2D eigenvalue weighted by atomic mass is 32.1. The lowest BCUT2D eigenvalue weighted by atomic mass is 10.2. The molecule has 1 N–H and O–H groups in total. The van der Waals surface area contributed by atoms with Crippen LogP contribution in [-0.4, -0.2) is 20.9 Å². The normalized spacial score (nSPS) is 16.3. The smallest absolute Gasteiger partial charge is 0.339 e. The molecule has 0 saturated heterocycles. The third-order valence-corrected chi connectivity index (χ3v) is 5.16. The van der Waals surface area contributed by atoms with Crippen LogP contribution >= 0.6 is 11.3 Å². The molecular formula is C15H18N2O2S. The van der Waals surface area contributed by atoms with Gasteiger partial charge in [0.15, 0.2) is 0 Å². The summed E-state index contributed by atoms with van der Waals surface area (Å²) in [6.07, 6.45) is 5.09. The maximum Gasteiger partial charge on any atom is 0.339 e. The molecule has 0 bridgehead atoms. The zero-order valence-electron chi connectivity index (χ0n) is 11.7. The highest BCUT2D eigenvalue weighted by Crippen LogP contribution is 2.40. The number of aromatic nitrogens is 2. The van der Waals surface area contributed by atoms with Gasteiger partial charge in [-0.1, -0.05) is 6.92 Å². The second-order valence-corrected chi connectivity index (χ2v) is 6.54. The van der Waals surface area contributed by atoms with Crippen molar-refractivity contribution in [2.45, 2.75) is 39.2 Å². The van der Waals surface area contributed by atoms with Gasteiger partial charge >= 0.3 is 5.97 Å². The van der Waals surface area contributed by atoms with E-state index in [4.69, 9.17) is 0 Å².